The predicted molar refractivity (Wildman–Crippen MR) is 304 cm³/mol. The Balaban J connectivity index is 1.22. The molecule has 13 rings (SSSR count). The predicted octanol–water partition coefficient (Wildman–Crippen LogP) is 11.3. The number of hydrogen-bond donors (Lipinski definition) is 11. The Labute approximate surface area is 439 Å². The molecular formula is C62H52BN3O11. The van der Waals surface area contributed by atoms with Crippen molar-refractivity contribution in [3.8, 4) is 91.4 Å². The van der Waals surface area contributed by atoms with E-state index in [-0.39, 0.29) is 90.1 Å². The van der Waals surface area contributed by atoms with Gasteiger partial charge in [0, 0.05) is 49.8 Å². The zero-order valence-electron chi connectivity index (χ0n) is 43.3. The normalized spacial score (nSPS) is 13.3. The summed E-state index contributed by atoms with van der Waals surface area (Å²) in [6.07, 6.45) is 8.09. The van der Waals surface area contributed by atoms with Crippen LogP contribution in [0.2, 0.25) is 0 Å². The maximum absolute atomic E-state index is 13.2. The number of benzene rings is 8. The van der Waals surface area contributed by atoms with Crippen molar-refractivity contribution in [3.05, 3.63) is 123 Å². The highest BCUT2D eigenvalue weighted by atomic mass is 16.3. The minimum absolute atomic E-state index is 0.0126. The largest absolute Gasteiger partial charge is 0.508 e. The van der Waals surface area contributed by atoms with Crippen LogP contribution in [0.3, 0.4) is 0 Å². The summed E-state index contributed by atoms with van der Waals surface area (Å²) in [4.78, 5) is 0. The molecule has 0 fully saturated rings. The van der Waals surface area contributed by atoms with E-state index < -0.39 is 57.3 Å². The lowest BCUT2D eigenvalue weighted by atomic mass is 9.59. The van der Waals surface area contributed by atoms with E-state index in [2.05, 4.69) is 34.9 Å². The van der Waals surface area contributed by atoms with Gasteiger partial charge in [-0.1, -0.05) is 54.0 Å². The highest BCUT2D eigenvalue weighted by Crippen LogP contribution is 2.62. The molecule has 0 amide bonds. The van der Waals surface area contributed by atoms with E-state index in [9.17, 15) is 56.2 Å². The van der Waals surface area contributed by atoms with E-state index in [0.29, 0.717) is 38.9 Å². The summed E-state index contributed by atoms with van der Waals surface area (Å²) >= 11 is 0. The van der Waals surface area contributed by atoms with Crippen molar-refractivity contribution in [2.45, 2.75) is 68.2 Å². The minimum atomic E-state index is -0.927. The molecule has 1 aliphatic carbocycles. The maximum Gasteiger partial charge on any atom is 0.201 e. The second kappa shape index (κ2) is 15.8. The van der Waals surface area contributed by atoms with Crippen LogP contribution in [0.4, 0.5) is 0 Å². The lowest BCUT2D eigenvalue weighted by molar-refractivity contribution is 0.397. The molecular weight excluding hydrogens is 974 g/mol. The van der Waals surface area contributed by atoms with Crippen LogP contribution in [0.5, 0.6) is 63.2 Å². The molecule has 3 aromatic heterocycles. The maximum atomic E-state index is 13.2. The molecule has 0 spiro atoms. The zero-order valence-corrected chi connectivity index (χ0v) is 43.3. The summed E-state index contributed by atoms with van der Waals surface area (Å²) in [5.74, 6) is -6.51. The quantitative estimate of drug-likeness (QED) is 0.0450. The fraction of sp³-hybridized carbons (Fsp3) is 0.161. The first-order chi connectivity index (χ1) is 36.7. The van der Waals surface area contributed by atoms with Crippen LogP contribution in [0, 0.1) is 55.4 Å². The van der Waals surface area contributed by atoms with Gasteiger partial charge >= 0.3 is 0 Å². The SMILES string of the molecule is Cc1c(O)c(O)c2c(c1O)c1c(C)c(-c3c(O)c(O)c4c(c3O)c3c(O)c(C)c(O)c5c3n4-c3c(C)c(C)c(C)c4c3c3c(c(C)c(O)c(C)c3n4-c3cccc(C4=CC=CCC4)c3)B5)c(O)c(O)c1n2-c1ccccc1. The second-order valence-electron chi connectivity index (χ2n) is 21.0. The molecule has 0 saturated carbocycles. The number of phenolic OH excluding ortho intramolecular Hbond substituents is 11. The van der Waals surface area contributed by atoms with Crippen molar-refractivity contribution >= 4 is 89.2 Å². The van der Waals surface area contributed by atoms with Gasteiger partial charge in [-0.15, -0.1) is 0 Å². The average Bonchev–Trinajstić information content (AvgIpc) is 3.51. The summed E-state index contributed by atoms with van der Waals surface area (Å²) in [5, 5.41) is 137. The van der Waals surface area contributed by atoms with Crippen molar-refractivity contribution in [1.29, 1.82) is 0 Å². The molecule has 0 bridgehead atoms. The lowest BCUT2D eigenvalue weighted by Crippen LogP contribution is -2.33. The Kier molecular flexibility index (Phi) is 9.68. The molecule has 384 valence electrons. The van der Waals surface area contributed by atoms with Crippen LogP contribution in [0.1, 0.15) is 62.9 Å². The number of aryl methyl sites for hydroxylation is 3. The zero-order chi connectivity index (χ0) is 54.4. The molecule has 11 N–H and O–H groups in total. The molecule has 1 aliphatic heterocycles. The van der Waals surface area contributed by atoms with Crippen LogP contribution >= 0.6 is 0 Å². The van der Waals surface area contributed by atoms with Gasteiger partial charge in [0.05, 0.1) is 44.0 Å². The van der Waals surface area contributed by atoms with Gasteiger partial charge in [0.1, 0.15) is 45.3 Å². The molecule has 14 nitrogen and oxygen atoms in total. The van der Waals surface area contributed by atoms with E-state index in [0.717, 1.165) is 51.7 Å². The number of para-hydroxylation sites is 1. The fourth-order valence-electron chi connectivity index (χ4n) is 13.1. The first-order valence-electron chi connectivity index (χ1n) is 25.4. The highest BCUT2D eigenvalue weighted by Gasteiger charge is 2.39. The van der Waals surface area contributed by atoms with E-state index in [1.165, 1.54) is 30.9 Å². The van der Waals surface area contributed by atoms with Crippen LogP contribution < -0.4 is 10.9 Å². The summed E-state index contributed by atoms with van der Waals surface area (Å²) in [6.45, 7) is 14.1. The molecule has 15 heteroatoms. The average molecular weight is 1030 g/mol. The number of rotatable bonds is 4. The van der Waals surface area contributed by atoms with E-state index in [1.54, 1.807) is 34.9 Å². The molecule has 0 atom stereocenters. The molecule has 0 radical (unpaired) electrons. The summed E-state index contributed by atoms with van der Waals surface area (Å²) < 4.78 is 5.21. The fourth-order valence-corrected chi connectivity index (χ4v) is 13.1. The van der Waals surface area contributed by atoms with Gasteiger partial charge in [-0.05, 0) is 137 Å². The van der Waals surface area contributed by atoms with Gasteiger partial charge < -0.3 is 69.9 Å². The lowest BCUT2D eigenvalue weighted by Gasteiger charge is -2.23. The summed E-state index contributed by atoms with van der Waals surface area (Å²) in [5.41, 5.74) is 8.91. The van der Waals surface area contributed by atoms with Crippen molar-refractivity contribution < 1.29 is 56.2 Å². The van der Waals surface area contributed by atoms with Gasteiger partial charge in [0.2, 0.25) is 7.28 Å². The number of allylic oxidation sites excluding steroid dienone is 4. The summed E-state index contributed by atoms with van der Waals surface area (Å²) in [7, 11) is -0.0126. The van der Waals surface area contributed by atoms with Crippen LogP contribution in [0.15, 0.2) is 72.8 Å². The summed E-state index contributed by atoms with van der Waals surface area (Å²) in [6, 6.07) is 16.7. The van der Waals surface area contributed by atoms with Crippen LogP contribution in [-0.2, 0) is 0 Å². The topological polar surface area (TPSA) is 237 Å². The van der Waals surface area contributed by atoms with Crippen molar-refractivity contribution in [1.82, 2.24) is 13.7 Å². The Morgan fingerprint density at radius 1 is 0.377 bits per heavy atom. The van der Waals surface area contributed by atoms with Gasteiger partial charge in [-0.2, -0.15) is 0 Å². The van der Waals surface area contributed by atoms with Crippen LogP contribution in [0.25, 0.3) is 99.2 Å². The molecule has 0 saturated heterocycles. The number of phenols is 11. The first-order valence-corrected chi connectivity index (χ1v) is 25.4. The number of aromatic nitrogens is 3. The Morgan fingerprint density at radius 2 is 0.948 bits per heavy atom. The van der Waals surface area contributed by atoms with Gasteiger partial charge in [0.15, 0.2) is 34.5 Å². The van der Waals surface area contributed by atoms with Crippen molar-refractivity contribution in [2.75, 3.05) is 0 Å². The number of nitrogens with zero attached hydrogens (tertiary/aromatic N) is 3. The van der Waals surface area contributed by atoms with Gasteiger partial charge in [0.25, 0.3) is 0 Å². The van der Waals surface area contributed by atoms with E-state index in [4.69, 9.17) is 0 Å². The molecule has 4 heterocycles. The molecule has 0 unspecified atom stereocenters. The molecule has 8 aromatic carbocycles. The third-order valence-corrected chi connectivity index (χ3v) is 17.2. The second-order valence-corrected chi connectivity index (χ2v) is 21.0. The molecule has 77 heavy (non-hydrogen) atoms. The number of fused-ring (bicyclic) bond motifs is 7. The third kappa shape index (κ3) is 5.69. The Bertz CT molecular complexity index is 4690. The minimum Gasteiger partial charge on any atom is -0.508 e. The van der Waals surface area contributed by atoms with Crippen LogP contribution in [-0.4, -0.2) is 77.2 Å². The molecule has 11 aromatic rings. The van der Waals surface area contributed by atoms with E-state index >= 15 is 0 Å². The smallest absolute Gasteiger partial charge is 0.201 e. The molecule has 2 aliphatic rings. The number of aromatic hydroxyl groups is 11. The standard InChI is InChI=1S/C62H52BN3O11/c1-23-24(2)45-38-37-43(27(5)52(67)28(6)47(37)65(45)34-21-15-18-32(22-34)31-16-11-9-12-17-31)63-44-48-40(53(68)29(7)55(44)70)41-51(66(48)46(38)25(23)3)62(77)59(74)42(57(41)72)36-26(4)35-39-50(60(75)56(71)30(8)54(39)69)64(33-19-13-10-14-20-33)49(35)61(76)58(36)73/h9-11,13-16,18-22,63,67-77H,12,17H2,1-8H3. The Morgan fingerprint density at radius 3 is 1.62 bits per heavy atom. The Hall–Kier alpha value is -9.50. The van der Waals surface area contributed by atoms with Gasteiger partial charge in [-0.3, -0.25) is 0 Å². The number of hydrogen-bond acceptors (Lipinski definition) is 11. The third-order valence-electron chi connectivity index (χ3n) is 17.2. The van der Waals surface area contributed by atoms with Crippen molar-refractivity contribution in [3.63, 3.8) is 0 Å². The monoisotopic (exact) mass is 1030 g/mol. The highest BCUT2D eigenvalue weighted by molar-refractivity contribution is 6.74. The first kappa shape index (κ1) is 47.2. The van der Waals surface area contributed by atoms with E-state index in [1.807, 2.05) is 46.8 Å². The van der Waals surface area contributed by atoms with Crippen molar-refractivity contribution in [2.24, 2.45) is 0 Å². The van der Waals surface area contributed by atoms with Gasteiger partial charge in [-0.25, -0.2) is 0 Å².